The molecule has 0 amide bonds. The number of nitrogens with zero attached hydrogens (tertiary/aromatic N) is 2. The van der Waals surface area contributed by atoms with Crippen LogP contribution < -0.4 is 4.90 Å². The molecule has 86 valence electrons. The summed E-state index contributed by atoms with van der Waals surface area (Å²) in [5.74, 6) is 0.0242. The number of pyridine rings is 1. The lowest BCUT2D eigenvalue weighted by atomic mass is 10.0. The highest BCUT2D eigenvalue weighted by atomic mass is 16.1. The first kappa shape index (κ1) is 11.3. The molecular formula is C14H14N2O. The lowest BCUT2D eigenvalue weighted by molar-refractivity contribution is 0.103. The predicted octanol–water partition coefficient (Wildman–Crippen LogP) is 2.38. The fourth-order valence-electron chi connectivity index (χ4n) is 1.60. The van der Waals surface area contributed by atoms with Gasteiger partial charge in [0.2, 0.25) is 0 Å². The number of hydrogen-bond acceptors (Lipinski definition) is 3. The third-order valence-electron chi connectivity index (χ3n) is 2.57. The molecule has 0 aliphatic rings. The number of rotatable bonds is 3. The van der Waals surface area contributed by atoms with E-state index in [1.165, 1.54) is 0 Å². The summed E-state index contributed by atoms with van der Waals surface area (Å²) < 4.78 is 0. The second-order valence-electron chi connectivity index (χ2n) is 4.01. The topological polar surface area (TPSA) is 33.2 Å². The molecule has 0 unspecified atom stereocenters. The van der Waals surface area contributed by atoms with Crippen molar-refractivity contribution in [2.24, 2.45) is 0 Å². The molecule has 0 aliphatic heterocycles. The average molecular weight is 226 g/mol. The van der Waals surface area contributed by atoms with E-state index in [9.17, 15) is 4.79 Å². The summed E-state index contributed by atoms with van der Waals surface area (Å²) in [6.45, 7) is 0. The number of carbonyl (C=O) groups is 1. The summed E-state index contributed by atoms with van der Waals surface area (Å²) in [5, 5.41) is 0. The van der Waals surface area contributed by atoms with Crippen LogP contribution in [0.4, 0.5) is 5.69 Å². The lowest BCUT2D eigenvalue weighted by Crippen LogP contribution is -2.10. The van der Waals surface area contributed by atoms with Gasteiger partial charge in [-0.1, -0.05) is 12.1 Å². The van der Waals surface area contributed by atoms with Crippen LogP contribution in [0.25, 0.3) is 0 Å². The molecule has 1 heterocycles. The number of anilines is 1. The van der Waals surface area contributed by atoms with Crippen LogP contribution in [0.15, 0.2) is 48.8 Å². The molecule has 0 N–H and O–H groups in total. The molecule has 0 atom stereocenters. The van der Waals surface area contributed by atoms with E-state index < -0.39 is 0 Å². The standard InChI is InChI=1S/C14H14N2O/c1-16(2)13-5-3-4-12(10-13)14(17)11-6-8-15-9-7-11/h3-10H,1-2H3. The highest BCUT2D eigenvalue weighted by Gasteiger charge is 2.09. The summed E-state index contributed by atoms with van der Waals surface area (Å²) >= 11 is 0. The van der Waals surface area contributed by atoms with Gasteiger partial charge in [0.15, 0.2) is 5.78 Å². The molecule has 1 aromatic heterocycles. The van der Waals surface area contributed by atoms with E-state index in [0.717, 1.165) is 5.69 Å². The van der Waals surface area contributed by atoms with Crippen molar-refractivity contribution in [2.75, 3.05) is 19.0 Å². The summed E-state index contributed by atoms with van der Waals surface area (Å²) in [6, 6.07) is 11.0. The van der Waals surface area contributed by atoms with E-state index in [-0.39, 0.29) is 5.78 Å². The highest BCUT2D eigenvalue weighted by molar-refractivity contribution is 6.09. The molecule has 17 heavy (non-hydrogen) atoms. The zero-order valence-electron chi connectivity index (χ0n) is 9.92. The predicted molar refractivity (Wildman–Crippen MR) is 68.4 cm³/mol. The second-order valence-corrected chi connectivity index (χ2v) is 4.01. The molecule has 0 saturated carbocycles. The fraction of sp³-hybridized carbons (Fsp3) is 0.143. The molecule has 0 bridgehead atoms. The first-order valence-electron chi connectivity index (χ1n) is 5.40. The van der Waals surface area contributed by atoms with E-state index in [0.29, 0.717) is 11.1 Å². The van der Waals surface area contributed by atoms with Crippen LogP contribution in [0.5, 0.6) is 0 Å². The van der Waals surface area contributed by atoms with Crippen molar-refractivity contribution in [3.63, 3.8) is 0 Å². The van der Waals surface area contributed by atoms with Crippen LogP contribution in [0.2, 0.25) is 0 Å². The van der Waals surface area contributed by atoms with Crippen molar-refractivity contribution in [1.29, 1.82) is 0 Å². The number of carbonyl (C=O) groups excluding carboxylic acids is 1. The van der Waals surface area contributed by atoms with E-state index >= 15 is 0 Å². The van der Waals surface area contributed by atoms with Crippen molar-refractivity contribution in [2.45, 2.75) is 0 Å². The summed E-state index contributed by atoms with van der Waals surface area (Å²) in [7, 11) is 3.91. The maximum Gasteiger partial charge on any atom is 0.193 e. The van der Waals surface area contributed by atoms with Gasteiger partial charge in [-0.25, -0.2) is 0 Å². The Hall–Kier alpha value is -2.16. The van der Waals surface area contributed by atoms with Gasteiger partial charge in [-0.2, -0.15) is 0 Å². The van der Waals surface area contributed by atoms with Crippen molar-refractivity contribution < 1.29 is 4.79 Å². The monoisotopic (exact) mass is 226 g/mol. The van der Waals surface area contributed by atoms with E-state index in [1.54, 1.807) is 24.5 Å². The number of aromatic nitrogens is 1. The Kier molecular flexibility index (Phi) is 3.19. The molecule has 0 saturated heterocycles. The van der Waals surface area contributed by atoms with Gasteiger partial charge in [-0.3, -0.25) is 9.78 Å². The summed E-state index contributed by atoms with van der Waals surface area (Å²) in [6.07, 6.45) is 3.26. The van der Waals surface area contributed by atoms with Crippen molar-refractivity contribution in [3.05, 3.63) is 59.9 Å². The van der Waals surface area contributed by atoms with Gasteiger partial charge in [0.05, 0.1) is 0 Å². The molecule has 0 radical (unpaired) electrons. The van der Waals surface area contributed by atoms with Crippen LogP contribution >= 0.6 is 0 Å². The number of hydrogen-bond donors (Lipinski definition) is 0. The van der Waals surface area contributed by atoms with Gasteiger partial charge >= 0.3 is 0 Å². The van der Waals surface area contributed by atoms with Crippen LogP contribution in [-0.2, 0) is 0 Å². The highest BCUT2D eigenvalue weighted by Crippen LogP contribution is 2.16. The Morgan fingerprint density at radius 3 is 2.41 bits per heavy atom. The van der Waals surface area contributed by atoms with Crippen molar-refractivity contribution in [1.82, 2.24) is 4.98 Å². The van der Waals surface area contributed by atoms with Crippen LogP contribution in [-0.4, -0.2) is 24.9 Å². The zero-order chi connectivity index (χ0) is 12.3. The molecule has 0 spiro atoms. The third-order valence-corrected chi connectivity index (χ3v) is 2.57. The number of benzene rings is 1. The zero-order valence-corrected chi connectivity index (χ0v) is 9.92. The van der Waals surface area contributed by atoms with Gasteiger partial charge < -0.3 is 4.90 Å². The molecule has 2 aromatic rings. The smallest absolute Gasteiger partial charge is 0.193 e. The minimum atomic E-state index is 0.0242. The van der Waals surface area contributed by atoms with Crippen LogP contribution in [0.3, 0.4) is 0 Å². The molecular weight excluding hydrogens is 212 g/mol. The Balaban J connectivity index is 2.35. The minimum Gasteiger partial charge on any atom is -0.378 e. The summed E-state index contributed by atoms with van der Waals surface area (Å²) in [4.78, 5) is 18.1. The molecule has 3 nitrogen and oxygen atoms in total. The Bertz CT molecular complexity index is 521. The van der Waals surface area contributed by atoms with E-state index in [2.05, 4.69) is 4.98 Å². The van der Waals surface area contributed by atoms with Gasteiger partial charge in [0.1, 0.15) is 0 Å². The Labute approximate surface area is 101 Å². The minimum absolute atomic E-state index is 0.0242. The van der Waals surface area contributed by atoms with Gasteiger partial charge in [-0.05, 0) is 24.3 Å². The summed E-state index contributed by atoms with van der Waals surface area (Å²) in [5.41, 5.74) is 2.38. The van der Waals surface area contributed by atoms with Crippen LogP contribution in [0.1, 0.15) is 15.9 Å². The Morgan fingerprint density at radius 1 is 1.06 bits per heavy atom. The molecule has 1 aromatic carbocycles. The van der Waals surface area contributed by atoms with E-state index in [4.69, 9.17) is 0 Å². The molecule has 0 fully saturated rings. The maximum atomic E-state index is 12.2. The quantitative estimate of drug-likeness (QED) is 0.753. The van der Waals surface area contributed by atoms with Gasteiger partial charge in [0, 0.05) is 43.3 Å². The van der Waals surface area contributed by atoms with Gasteiger partial charge in [0.25, 0.3) is 0 Å². The largest absolute Gasteiger partial charge is 0.378 e. The average Bonchev–Trinajstić information content (AvgIpc) is 2.39. The third kappa shape index (κ3) is 2.50. The van der Waals surface area contributed by atoms with E-state index in [1.807, 2.05) is 43.3 Å². The van der Waals surface area contributed by atoms with Crippen molar-refractivity contribution in [3.8, 4) is 0 Å². The lowest BCUT2D eigenvalue weighted by Gasteiger charge is -2.13. The van der Waals surface area contributed by atoms with Crippen LogP contribution in [0, 0.1) is 0 Å². The Morgan fingerprint density at radius 2 is 1.76 bits per heavy atom. The molecule has 2 rings (SSSR count). The fourth-order valence-corrected chi connectivity index (χ4v) is 1.60. The van der Waals surface area contributed by atoms with Crippen molar-refractivity contribution >= 4 is 11.5 Å². The normalized spacial score (nSPS) is 10.0. The maximum absolute atomic E-state index is 12.2. The molecule has 3 heteroatoms. The van der Waals surface area contributed by atoms with Gasteiger partial charge in [-0.15, -0.1) is 0 Å². The first-order chi connectivity index (χ1) is 8.18. The second kappa shape index (κ2) is 4.78. The molecule has 0 aliphatic carbocycles. The first-order valence-corrected chi connectivity index (χ1v) is 5.40. The SMILES string of the molecule is CN(C)c1cccc(C(=O)c2ccncc2)c1. The number of ketones is 1.